The summed E-state index contributed by atoms with van der Waals surface area (Å²) in [5.41, 5.74) is 6.95. The molecule has 0 saturated carbocycles. The smallest absolute Gasteiger partial charge is 0.0736 e. The molecule has 3 nitrogen and oxygen atoms in total. The molecule has 0 amide bonds. The third-order valence-electron chi connectivity index (χ3n) is 3.85. The summed E-state index contributed by atoms with van der Waals surface area (Å²) in [6.07, 6.45) is 0.0693. The van der Waals surface area contributed by atoms with Crippen molar-refractivity contribution < 1.29 is 4.74 Å². The van der Waals surface area contributed by atoms with E-state index in [1.165, 1.54) is 5.56 Å². The highest BCUT2D eigenvalue weighted by molar-refractivity contribution is 6.30. The molecule has 0 aliphatic carbocycles. The Kier molecular flexibility index (Phi) is 5.60. The molecule has 0 aliphatic heterocycles. The van der Waals surface area contributed by atoms with Gasteiger partial charge in [0.25, 0.3) is 0 Å². The average molecular weight is 271 g/mol. The van der Waals surface area contributed by atoms with Crippen molar-refractivity contribution in [2.75, 3.05) is 20.7 Å². The summed E-state index contributed by atoms with van der Waals surface area (Å²) in [6, 6.07) is 7.88. The van der Waals surface area contributed by atoms with E-state index in [0.29, 0.717) is 6.54 Å². The number of rotatable bonds is 6. The van der Waals surface area contributed by atoms with E-state index in [0.717, 1.165) is 11.6 Å². The first-order valence-corrected chi connectivity index (χ1v) is 6.50. The van der Waals surface area contributed by atoms with Crippen molar-refractivity contribution in [1.82, 2.24) is 4.90 Å². The van der Waals surface area contributed by atoms with Crippen molar-refractivity contribution in [3.63, 3.8) is 0 Å². The maximum absolute atomic E-state index is 5.92. The van der Waals surface area contributed by atoms with E-state index in [-0.39, 0.29) is 11.6 Å². The Morgan fingerprint density at radius 1 is 1.39 bits per heavy atom. The highest BCUT2D eigenvalue weighted by Crippen LogP contribution is 2.22. The molecule has 18 heavy (non-hydrogen) atoms. The van der Waals surface area contributed by atoms with Crippen LogP contribution in [0.25, 0.3) is 0 Å². The van der Waals surface area contributed by atoms with Crippen molar-refractivity contribution in [3.8, 4) is 0 Å². The third-order valence-corrected chi connectivity index (χ3v) is 4.10. The van der Waals surface area contributed by atoms with Gasteiger partial charge in [-0.05, 0) is 38.6 Å². The molecule has 2 N–H and O–H groups in total. The Balaban J connectivity index is 2.79. The second kappa shape index (κ2) is 6.53. The van der Waals surface area contributed by atoms with Gasteiger partial charge in [-0.15, -0.1) is 0 Å². The van der Waals surface area contributed by atoms with Gasteiger partial charge in [0.1, 0.15) is 0 Å². The van der Waals surface area contributed by atoms with Gasteiger partial charge < -0.3 is 10.5 Å². The summed E-state index contributed by atoms with van der Waals surface area (Å²) in [5.74, 6) is 0. The lowest BCUT2D eigenvalue weighted by Crippen LogP contribution is -2.57. The van der Waals surface area contributed by atoms with Crippen molar-refractivity contribution in [3.05, 3.63) is 34.9 Å². The SMILES string of the molecule is COC(C)C(C)(CN)N(C)Cc1ccc(Cl)cc1. The van der Waals surface area contributed by atoms with E-state index < -0.39 is 0 Å². The maximum Gasteiger partial charge on any atom is 0.0736 e. The van der Waals surface area contributed by atoms with E-state index >= 15 is 0 Å². The minimum absolute atomic E-state index is 0.0693. The second-order valence-electron chi connectivity index (χ2n) is 4.92. The number of hydrogen-bond acceptors (Lipinski definition) is 3. The van der Waals surface area contributed by atoms with Crippen molar-refractivity contribution >= 4 is 11.6 Å². The Morgan fingerprint density at radius 2 is 1.94 bits per heavy atom. The normalized spacial score (nSPS) is 16.6. The first kappa shape index (κ1) is 15.4. The lowest BCUT2D eigenvalue weighted by Gasteiger charge is -2.42. The molecule has 4 heteroatoms. The van der Waals surface area contributed by atoms with Crippen LogP contribution in [0, 0.1) is 0 Å². The van der Waals surface area contributed by atoms with Gasteiger partial charge in [-0.1, -0.05) is 23.7 Å². The number of methoxy groups -OCH3 is 1. The monoisotopic (exact) mass is 270 g/mol. The molecule has 0 saturated heterocycles. The van der Waals surface area contributed by atoms with Crippen molar-refractivity contribution in [2.45, 2.75) is 32.0 Å². The molecule has 0 heterocycles. The largest absolute Gasteiger partial charge is 0.380 e. The standard InChI is InChI=1S/C14H23ClN2O/c1-11(18-4)14(2,10-16)17(3)9-12-5-7-13(15)8-6-12/h5-8,11H,9-10,16H2,1-4H3. The number of halogens is 1. The Bertz CT molecular complexity index is 369. The van der Waals surface area contributed by atoms with Crippen LogP contribution in [0.5, 0.6) is 0 Å². The van der Waals surface area contributed by atoms with Crippen LogP contribution in [0.3, 0.4) is 0 Å². The fourth-order valence-electron chi connectivity index (χ4n) is 1.93. The zero-order valence-electron chi connectivity index (χ0n) is 11.6. The number of hydrogen-bond donors (Lipinski definition) is 1. The predicted molar refractivity (Wildman–Crippen MR) is 76.8 cm³/mol. The highest BCUT2D eigenvalue weighted by Gasteiger charge is 2.34. The summed E-state index contributed by atoms with van der Waals surface area (Å²) in [4.78, 5) is 2.23. The fourth-order valence-corrected chi connectivity index (χ4v) is 2.06. The summed E-state index contributed by atoms with van der Waals surface area (Å²) in [6.45, 7) is 5.53. The summed E-state index contributed by atoms with van der Waals surface area (Å²) in [7, 11) is 3.78. The first-order chi connectivity index (χ1) is 8.43. The maximum atomic E-state index is 5.92. The van der Waals surface area contributed by atoms with E-state index in [9.17, 15) is 0 Å². The van der Waals surface area contributed by atoms with Crippen LogP contribution in [0.2, 0.25) is 5.02 Å². The zero-order chi connectivity index (χ0) is 13.8. The molecule has 2 unspecified atom stereocenters. The van der Waals surface area contributed by atoms with E-state index in [2.05, 4.69) is 18.9 Å². The zero-order valence-corrected chi connectivity index (χ0v) is 12.4. The third kappa shape index (κ3) is 3.45. The number of nitrogens with two attached hydrogens (primary N) is 1. The van der Waals surface area contributed by atoms with E-state index in [4.69, 9.17) is 22.1 Å². The van der Waals surface area contributed by atoms with Crippen LogP contribution in [-0.2, 0) is 11.3 Å². The molecule has 2 atom stereocenters. The lowest BCUT2D eigenvalue weighted by molar-refractivity contribution is -0.0230. The van der Waals surface area contributed by atoms with Crippen LogP contribution in [0.15, 0.2) is 24.3 Å². The minimum Gasteiger partial charge on any atom is -0.380 e. The molecule has 0 spiro atoms. The molecule has 0 radical (unpaired) electrons. The predicted octanol–water partition coefficient (Wildman–Crippen LogP) is 2.52. The summed E-state index contributed by atoms with van der Waals surface area (Å²) >= 11 is 5.88. The van der Waals surface area contributed by atoms with Crippen LogP contribution in [-0.4, -0.2) is 37.2 Å². The number of likely N-dealkylation sites (N-methyl/N-ethyl adjacent to an activating group) is 1. The lowest BCUT2D eigenvalue weighted by atomic mass is 9.93. The molecule has 102 valence electrons. The van der Waals surface area contributed by atoms with Crippen molar-refractivity contribution in [2.24, 2.45) is 5.73 Å². The van der Waals surface area contributed by atoms with Gasteiger partial charge in [-0.3, -0.25) is 4.90 Å². The fraction of sp³-hybridized carbons (Fsp3) is 0.571. The molecule has 1 rings (SSSR count). The van der Waals surface area contributed by atoms with Crippen LogP contribution in [0.4, 0.5) is 0 Å². The van der Waals surface area contributed by atoms with Crippen molar-refractivity contribution in [1.29, 1.82) is 0 Å². The van der Waals surface area contributed by atoms with Gasteiger partial charge >= 0.3 is 0 Å². The average Bonchev–Trinajstić information content (AvgIpc) is 2.39. The number of nitrogens with zero attached hydrogens (tertiary/aromatic N) is 1. The van der Waals surface area contributed by atoms with Crippen LogP contribution < -0.4 is 5.73 Å². The van der Waals surface area contributed by atoms with Gasteiger partial charge in [0, 0.05) is 25.2 Å². The molecular weight excluding hydrogens is 248 g/mol. The Morgan fingerprint density at radius 3 is 2.39 bits per heavy atom. The number of benzene rings is 1. The number of ether oxygens (including phenoxy) is 1. The highest BCUT2D eigenvalue weighted by atomic mass is 35.5. The van der Waals surface area contributed by atoms with Gasteiger partial charge in [0.05, 0.1) is 11.6 Å². The van der Waals surface area contributed by atoms with Gasteiger partial charge in [-0.2, -0.15) is 0 Å². The van der Waals surface area contributed by atoms with Gasteiger partial charge in [-0.25, -0.2) is 0 Å². The molecule has 0 fully saturated rings. The van der Waals surface area contributed by atoms with Gasteiger partial charge in [0.15, 0.2) is 0 Å². The first-order valence-electron chi connectivity index (χ1n) is 6.12. The quantitative estimate of drug-likeness (QED) is 0.863. The Labute approximate surface area is 115 Å². The minimum atomic E-state index is -0.186. The van der Waals surface area contributed by atoms with Crippen LogP contribution in [0.1, 0.15) is 19.4 Å². The topological polar surface area (TPSA) is 38.5 Å². The molecule has 0 bridgehead atoms. The molecule has 0 aromatic heterocycles. The van der Waals surface area contributed by atoms with E-state index in [1.807, 2.05) is 31.2 Å². The molecular formula is C14H23ClN2O. The summed E-state index contributed by atoms with van der Waals surface area (Å²) in [5, 5.41) is 0.758. The van der Waals surface area contributed by atoms with Gasteiger partial charge in [0.2, 0.25) is 0 Å². The summed E-state index contributed by atoms with van der Waals surface area (Å²) < 4.78 is 5.44. The van der Waals surface area contributed by atoms with E-state index in [1.54, 1.807) is 7.11 Å². The molecule has 1 aromatic carbocycles. The second-order valence-corrected chi connectivity index (χ2v) is 5.36. The molecule has 0 aliphatic rings. The Hall–Kier alpha value is -0.610. The molecule has 1 aromatic rings. The van der Waals surface area contributed by atoms with Crippen LogP contribution >= 0.6 is 11.6 Å².